The number of amides is 1. The molecular weight excluding hydrogens is 633 g/mol. The van der Waals surface area contributed by atoms with Crippen LogP contribution in [0.2, 0.25) is 0 Å². The number of carboxylic acid groups (broad SMARTS) is 1. The van der Waals surface area contributed by atoms with E-state index in [1.165, 1.54) is 12.0 Å². The van der Waals surface area contributed by atoms with Crippen molar-refractivity contribution in [2.45, 2.75) is 30.2 Å². The van der Waals surface area contributed by atoms with Gasteiger partial charge in [0.2, 0.25) is 0 Å². The third kappa shape index (κ3) is 6.10. The van der Waals surface area contributed by atoms with Crippen molar-refractivity contribution in [1.29, 1.82) is 0 Å². The molecule has 2 aromatic carbocycles. The third-order valence-electron chi connectivity index (χ3n) is 4.29. The summed E-state index contributed by atoms with van der Waals surface area (Å²) >= 11 is 9.27. The number of alkyl halides is 1. The van der Waals surface area contributed by atoms with Crippen LogP contribution in [0.5, 0.6) is 17.2 Å². The molecule has 9 heteroatoms. The molecule has 0 saturated carbocycles. The third-order valence-corrected chi connectivity index (χ3v) is 6.58. The smallest absolute Gasteiger partial charge is 0.170 e. The van der Waals surface area contributed by atoms with Gasteiger partial charge in [-0.1, -0.05) is 22.6 Å². The molecule has 6 nitrogen and oxygen atoms in total. The minimum atomic E-state index is -1.20. The normalized spacial score (nSPS) is 12.2. The maximum Gasteiger partial charge on any atom is 0.170 e. The van der Waals surface area contributed by atoms with E-state index in [1.807, 2.05) is 32.9 Å². The molecule has 0 bridgehead atoms. The van der Waals surface area contributed by atoms with Crippen LogP contribution in [0.25, 0.3) is 0 Å². The van der Waals surface area contributed by atoms with E-state index in [9.17, 15) is 14.7 Å². The summed E-state index contributed by atoms with van der Waals surface area (Å²) in [5.74, 6) is 1.40. The van der Waals surface area contributed by atoms with E-state index >= 15 is 0 Å². The van der Waals surface area contributed by atoms with Gasteiger partial charge in [0.05, 0.1) is 20.0 Å². The lowest BCUT2D eigenvalue weighted by atomic mass is 10.0. The lowest BCUT2D eigenvalue weighted by Crippen LogP contribution is -2.52. The van der Waals surface area contributed by atoms with Crippen LogP contribution in [0.4, 0.5) is 4.79 Å². The van der Waals surface area contributed by atoms with Crippen LogP contribution in [-0.2, 0) is 0 Å². The second-order valence-electron chi connectivity index (χ2n) is 7.46. The molecule has 1 amide bonds. The molecule has 0 spiro atoms. The molecule has 0 aliphatic rings. The van der Waals surface area contributed by atoms with E-state index in [0.717, 1.165) is 11.8 Å². The Morgan fingerprint density at radius 3 is 2.27 bits per heavy atom. The fourth-order valence-electron chi connectivity index (χ4n) is 2.70. The van der Waals surface area contributed by atoms with Gasteiger partial charge in [-0.2, -0.15) is 0 Å². The zero-order chi connectivity index (χ0) is 22.6. The van der Waals surface area contributed by atoms with E-state index < -0.39 is 11.6 Å². The molecule has 0 N–H and O–H groups in total. The van der Waals surface area contributed by atoms with Crippen molar-refractivity contribution in [3.63, 3.8) is 0 Å². The molecule has 0 aliphatic carbocycles. The maximum atomic E-state index is 11.6. The number of nitrogens with zero attached hydrogens (tertiary/aromatic N) is 1. The summed E-state index contributed by atoms with van der Waals surface area (Å²) in [5.41, 5.74) is 0.803. The Kier molecular flexibility index (Phi) is 8.58. The fraction of sp³-hybridized carbons (Fsp3) is 0.333. The molecule has 0 saturated heterocycles. The van der Waals surface area contributed by atoms with Crippen LogP contribution in [0.3, 0.4) is 0 Å². The van der Waals surface area contributed by atoms with Gasteiger partial charge in [0.25, 0.3) is 0 Å². The summed E-state index contributed by atoms with van der Waals surface area (Å²) in [6.07, 6.45) is -0.470. The summed E-state index contributed by atoms with van der Waals surface area (Å²) in [5, 5.41) is 11.6. The van der Waals surface area contributed by atoms with Gasteiger partial charge in [-0.05, 0) is 88.5 Å². The van der Waals surface area contributed by atoms with Crippen molar-refractivity contribution in [1.82, 2.24) is 4.90 Å². The van der Waals surface area contributed by atoms with E-state index in [0.29, 0.717) is 31.8 Å². The molecule has 0 unspecified atom stereocenters. The highest BCUT2D eigenvalue weighted by molar-refractivity contribution is 14.1. The highest BCUT2D eigenvalue weighted by atomic mass is 127. The van der Waals surface area contributed by atoms with Crippen molar-refractivity contribution < 1.29 is 24.2 Å². The first-order valence-corrected chi connectivity index (χ1v) is 11.7. The SMILES string of the molecule is COc1ccc(C=O)cc1Oc1c(Br)cc([C@@H](I)CN(C(=O)[O-])C(C)(C)C)cc1Br. The monoisotopic (exact) mass is 652 g/mol. The van der Waals surface area contributed by atoms with Crippen molar-refractivity contribution in [3.8, 4) is 17.2 Å². The van der Waals surface area contributed by atoms with Crippen LogP contribution < -0.4 is 14.6 Å². The number of hydrogen-bond acceptors (Lipinski definition) is 5. The van der Waals surface area contributed by atoms with E-state index in [4.69, 9.17) is 9.47 Å². The molecule has 0 fully saturated rings. The molecular formula is C21H21Br2INO5-. The van der Waals surface area contributed by atoms with Crippen molar-refractivity contribution in [3.05, 3.63) is 50.4 Å². The van der Waals surface area contributed by atoms with E-state index in [1.54, 1.807) is 18.2 Å². The molecule has 2 aromatic rings. The summed E-state index contributed by atoms with van der Waals surface area (Å²) < 4.78 is 12.6. The van der Waals surface area contributed by atoms with Gasteiger partial charge < -0.3 is 24.3 Å². The number of ether oxygens (including phenoxy) is 2. The van der Waals surface area contributed by atoms with Crippen LogP contribution in [0.1, 0.15) is 40.6 Å². The number of carbonyl (C=O) groups is 2. The van der Waals surface area contributed by atoms with Crippen molar-refractivity contribution in [2.75, 3.05) is 13.7 Å². The Balaban J connectivity index is 2.34. The zero-order valence-electron chi connectivity index (χ0n) is 16.9. The van der Waals surface area contributed by atoms with Crippen LogP contribution in [0.15, 0.2) is 39.3 Å². The minimum absolute atomic E-state index is 0.116. The number of halogens is 3. The second kappa shape index (κ2) is 10.3. The van der Waals surface area contributed by atoms with Crippen molar-refractivity contribution >= 4 is 66.8 Å². The number of methoxy groups -OCH3 is 1. The van der Waals surface area contributed by atoms with Gasteiger partial charge in [0, 0.05) is 17.6 Å². The molecule has 162 valence electrons. The number of aldehydes is 1. The highest BCUT2D eigenvalue weighted by Gasteiger charge is 2.25. The van der Waals surface area contributed by atoms with Gasteiger partial charge in [-0.15, -0.1) is 0 Å². The fourth-order valence-corrected chi connectivity index (χ4v) is 4.84. The summed E-state index contributed by atoms with van der Waals surface area (Å²) in [6, 6.07) is 8.66. The highest BCUT2D eigenvalue weighted by Crippen LogP contribution is 2.43. The van der Waals surface area contributed by atoms with Gasteiger partial charge in [0.1, 0.15) is 12.4 Å². The first kappa shape index (κ1) is 24.9. The first-order chi connectivity index (χ1) is 14.0. The molecule has 0 aliphatic heterocycles. The molecule has 30 heavy (non-hydrogen) atoms. The number of hydrogen-bond donors (Lipinski definition) is 0. The largest absolute Gasteiger partial charge is 0.530 e. The maximum absolute atomic E-state index is 11.6. The number of rotatable bonds is 7. The zero-order valence-corrected chi connectivity index (χ0v) is 22.2. The molecule has 1 atom stereocenters. The Hall–Kier alpha value is -1.33. The lowest BCUT2D eigenvalue weighted by molar-refractivity contribution is -0.270. The lowest BCUT2D eigenvalue weighted by Gasteiger charge is -2.39. The first-order valence-electron chi connectivity index (χ1n) is 8.90. The van der Waals surface area contributed by atoms with E-state index in [2.05, 4.69) is 54.5 Å². The number of benzene rings is 2. The Labute approximate surface area is 206 Å². The van der Waals surface area contributed by atoms with Crippen molar-refractivity contribution in [2.24, 2.45) is 0 Å². The van der Waals surface area contributed by atoms with E-state index in [-0.39, 0.29) is 10.5 Å². The predicted molar refractivity (Wildman–Crippen MR) is 129 cm³/mol. The molecule has 2 rings (SSSR count). The van der Waals surface area contributed by atoms with Crippen LogP contribution in [0, 0.1) is 0 Å². The Morgan fingerprint density at radius 2 is 1.80 bits per heavy atom. The average molecular weight is 654 g/mol. The Morgan fingerprint density at radius 1 is 1.20 bits per heavy atom. The Bertz CT molecular complexity index is 922. The quantitative estimate of drug-likeness (QED) is 0.216. The van der Waals surface area contributed by atoms with Crippen LogP contribution >= 0.6 is 54.5 Å². The molecule has 0 radical (unpaired) electrons. The van der Waals surface area contributed by atoms with Gasteiger partial charge >= 0.3 is 0 Å². The molecule has 0 aromatic heterocycles. The average Bonchev–Trinajstić information content (AvgIpc) is 2.67. The minimum Gasteiger partial charge on any atom is -0.530 e. The molecule has 0 heterocycles. The number of carbonyl (C=O) groups excluding carboxylic acids is 2. The van der Waals surface area contributed by atoms with Gasteiger partial charge in [-0.25, -0.2) is 0 Å². The van der Waals surface area contributed by atoms with Crippen LogP contribution in [-0.4, -0.2) is 36.5 Å². The predicted octanol–water partition coefficient (Wildman–Crippen LogP) is 5.74. The summed E-state index contributed by atoms with van der Waals surface area (Å²) in [4.78, 5) is 24.0. The summed E-state index contributed by atoms with van der Waals surface area (Å²) in [6.45, 7) is 5.77. The van der Waals surface area contributed by atoms with Gasteiger partial charge in [0.15, 0.2) is 17.2 Å². The topological polar surface area (TPSA) is 78.9 Å². The van der Waals surface area contributed by atoms with Gasteiger partial charge in [-0.3, -0.25) is 4.79 Å². The standard InChI is InChI=1S/C21H22Br2INO5/c1-21(2,3)25(20(27)28)10-16(24)13-8-14(22)19(15(23)9-13)30-18-7-12(11-26)5-6-17(18)29-4/h5-9,11,16H,10H2,1-4H3,(H,27,28)/p-1/t16-/m0/s1. The second-order valence-corrected chi connectivity index (χ2v) is 10.7. The summed E-state index contributed by atoms with van der Waals surface area (Å²) in [7, 11) is 1.52.